The predicted molar refractivity (Wildman–Crippen MR) is 81.4 cm³/mol. The molecule has 1 fully saturated rings. The Balaban J connectivity index is 1.96. The summed E-state index contributed by atoms with van der Waals surface area (Å²) in [6.07, 6.45) is 6.39. The van der Waals surface area contributed by atoms with Crippen molar-refractivity contribution in [3.05, 3.63) is 29.8 Å². The van der Waals surface area contributed by atoms with Gasteiger partial charge in [-0.05, 0) is 23.6 Å². The molecule has 18 heavy (non-hydrogen) atoms. The molecule has 0 N–H and O–H groups in total. The number of aryl methyl sites for hydroxylation is 1. The smallest absolute Gasteiger partial charge is 0.337 e. The zero-order valence-corrected chi connectivity index (χ0v) is 15.0. The van der Waals surface area contributed by atoms with E-state index in [-0.39, 0.29) is 0 Å². The van der Waals surface area contributed by atoms with Gasteiger partial charge in [0.25, 0.3) is 20.0 Å². The SMILES string of the molecule is CCCCCCc1ccccc1[SiH]1O[SiH2]O[SiH2]O1. The van der Waals surface area contributed by atoms with Gasteiger partial charge in [0.2, 0.25) is 0 Å². The minimum atomic E-state index is -1.58. The van der Waals surface area contributed by atoms with Gasteiger partial charge in [-0.1, -0.05) is 50.5 Å². The Labute approximate surface area is 116 Å². The van der Waals surface area contributed by atoms with Gasteiger partial charge >= 0.3 is 9.28 Å². The van der Waals surface area contributed by atoms with Gasteiger partial charge in [-0.2, -0.15) is 0 Å². The molecular formula is C12H22O3Si3. The Kier molecular flexibility index (Phi) is 6.32. The quantitative estimate of drug-likeness (QED) is 0.558. The molecule has 0 aromatic heterocycles. The maximum atomic E-state index is 5.80. The van der Waals surface area contributed by atoms with Gasteiger partial charge in [-0.3, -0.25) is 0 Å². The summed E-state index contributed by atoms with van der Waals surface area (Å²) in [6, 6.07) is 8.66. The van der Waals surface area contributed by atoms with Gasteiger partial charge in [0.15, 0.2) is 0 Å². The molecule has 0 radical (unpaired) electrons. The lowest BCUT2D eigenvalue weighted by Gasteiger charge is -2.24. The first-order valence-corrected chi connectivity index (χ1v) is 10.6. The van der Waals surface area contributed by atoms with E-state index >= 15 is 0 Å². The highest BCUT2D eigenvalue weighted by Crippen LogP contribution is 2.08. The van der Waals surface area contributed by atoms with Crippen LogP contribution in [0.15, 0.2) is 24.3 Å². The minimum Gasteiger partial charge on any atom is -0.425 e. The molecule has 0 bridgehead atoms. The molecule has 1 saturated heterocycles. The van der Waals surface area contributed by atoms with Crippen LogP contribution in [0, 0.1) is 0 Å². The Bertz CT molecular complexity index is 356. The van der Waals surface area contributed by atoms with E-state index in [4.69, 9.17) is 12.3 Å². The summed E-state index contributed by atoms with van der Waals surface area (Å²) in [5.74, 6) is 0. The number of unbranched alkanes of at least 4 members (excludes halogenated alkanes) is 3. The van der Waals surface area contributed by atoms with Crippen LogP contribution in [0.3, 0.4) is 0 Å². The zero-order valence-electron chi connectivity index (χ0n) is 11.1. The van der Waals surface area contributed by atoms with E-state index in [1.807, 2.05) is 0 Å². The molecule has 1 aromatic rings. The van der Waals surface area contributed by atoms with Crippen LogP contribution in [0.4, 0.5) is 0 Å². The number of hydrogen-bond acceptors (Lipinski definition) is 3. The molecule has 1 aromatic carbocycles. The van der Waals surface area contributed by atoms with E-state index in [9.17, 15) is 0 Å². The van der Waals surface area contributed by atoms with Gasteiger partial charge in [0.05, 0.1) is 0 Å². The van der Waals surface area contributed by atoms with Crippen molar-refractivity contribution in [1.29, 1.82) is 0 Å². The molecule has 3 nitrogen and oxygen atoms in total. The molecule has 2 rings (SSSR count). The number of benzene rings is 1. The first-order chi connectivity index (χ1) is 8.92. The van der Waals surface area contributed by atoms with E-state index in [1.54, 1.807) is 0 Å². The summed E-state index contributed by atoms with van der Waals surface area (Å²) in [4.78, 5) is 0. The molecule has 1 heterocycles. The summed E-state index contributed by atoms with van der Waals surface area (Å²) in [5.41, 5.74) is 1.44. The van der Waals surface area contributed by atoms with E-state index in [1.165, 1.54) is 36.4 Å². The van der Waals surface area contributed by atoms with Crippen LogP contribution in [-0.2, 0) is 18.8 Å². The molecule has 0 saturated carbocycles. The van der Waals surface area contributed by atoms with Crippen LogP contribution in [0.25, 0.3) is 0 Å². The Hall–Kier alpha value is -0.249. The van der Waals surface area contributed by atoms with E-state index < -0.39 is 29.3 Å². The molecular weight excluding hydrogens is 276 g/mol. The van der Waals surface area contributed by atoms with E-state index in [0.29, 0.717) is 0 Å². The topological polar surface area (TPSA) is 27.7 Å². The monoisotopic (exact) mass is 298 g/mol. The number of rotatable bonds is 6. The molecule has 6 heteroatoms. The van der Waals surface area contributed by atoms with Crippen molar-refractivity contribution in [3.63, 3.8) is 0 Å². The average Bonchev–Trinajstić information content (AvgIpc) is 2.45. The average molecular weight is 299 g/mol. The highest BCUT2D eigenvalue weighted by atomic mass is 28.4. The lowest BCUT2D eigenvalue weighted by molar-refractivity contribution is 0.333. The lowest BCUT2D eigenvalue weighted by atomic mass is 10.1. The van der Waals surface area contributed by atoms with Crippen molar-refractivity contribution in [1.82, 2.24) is 0 Å². The second kappa shape index (κ2) is 8.03. The van der Waals surface area contributed by atoms with Gasteiger partial charge in [-0.25, -0.2) is 0 Å². The molecule has 0 aliphatic carbocycles. The molecule has 100 valence electrons. The molecule has 0 unspecified atom stereocenters. The van der Waals surface area contributed by atoms with Crippen molar-refractivity contribution in [3.8, 4) is 0 Å². The van der Waals surface area contributed by atoms with Crippen LogP contribution in [0.1, 0.15) is 38.2 Å². The molecule has 1 aliphatic heterocycles. The minimum absolute atomic E-state index is 0.728. The summed E-state index contributed by atoms with van der Waals surface area (Å²) >= 11 is 0. The van der Waals surface area contributed by atoms with Crippen LogP contribution < -0.4 is 5.19 Å². The highest BCUT2D eigenvalue weighted by molar-refractivity contribution is 6.71. The Morgan fingerprint density at radius 1 is 1.06 bits per heavy atom. The van der Waals surface area contributed by atoms with Crippen molar-refractivity contribution < 1.29 is 12.3 Å². The lowest BCUT2D eigenvalue weighted by Crippen LogP contribution is -2.45. The van der Waals surface area contributed by atoms with E-state index in [0.717, 1.165) is 6.42 Å². The highest BCUT2D eigenvalue weighted by Gasteiger charge is 2.22. The molecule has 1 aliphatic rings. The third kappa shape index (κ3) is 4.15. The van der Waals surface area contributed by atoms with Gasteiger partial charge in [0, 0.05) is 0 Å². The van der Waals surface area contributed by atoms with Crippen molar-refractivity contribution in [2.75, 3.05) is 0 Å². The fourth-order valence-electron chi connectivity index (χ4n) is 2.22. The van der Waals surface area contributed by atoms with E-state index in [2.05, 4.69) is 31.2 Å². The third-order valence-corrected chi connectivity index (χ3v) is 9.13. The van der Waals surface area contributed by atoms with Crippen LogP contribution in [0.5, 0.6) is 0 Å². The van der Waals surface area contributed by atoms with Gasteiger partial charge < -0.3 is 12.3 Å². The van der Waals surface area contributed by atoms with Crippen molar-refractivity contribution >= 4 is 34.5 Å². The second-order valence-electron chi connectivity index (χ2n) is 4.61. The largest absolute Gasteiger partial charge is 0.425 e. The fourth-order valence-corrected chi connectivity index (χ4v) is 9.48. The number of hydrogen-bond donors (Lipinski definition) is 0. The summed E-state index contributed by atoms with van der Waals surface area (Å²) in [7, 11) is -3.04. The molecule has 0 spiro atoms. The standard InChI is InChI=1S/C12H22O3Si3/c1-2-3-4-5-8-11-9-6-7-10-12(11)18-14-16-13-17-15-18/h6-7,9-10,18H,2-5,8,16-17H2,1H3. The normalized spacial score (nSPS) is 22.6. The van der Waals surface area contributed by atoms with Gasteiger partial charge in [0.1, 0.15) is 0 Å². The maximum absolute atomic E-state index is 5.80. The Morgan fingerprint density at radius 3 is 2.61 bits per heavy atom. The van der Waals surface area contributed by atoms with Crippen LogP contribution in [-0.4, -0.2) is 29.3 Å². The van der Waals surface area contributed by atoms with Crippen molar-refractivity contribution in [2.24, 2.45) is 0 Å². The zero-order chi connectivity index (χ0) is 12.6. The summed E-state index contributed by atoms with van der Waals surface area (Å²) in [6.45, 7) is 2.25. The van der Waals surface area contributed by atoms with Crippen molar-refractivity contribution in [2.45, 2.75) is 39.0 Å². The van der Waals surface area contributed by atoms with Crippen LogP contribution >= 0.6 is 0 Å². The fraction of sp³-hybridized carbons (Fsp3) is 0.500. The summed E-state index contributed by atoms with van der Waals surface area (Å²) < 4.78 is 16.9. The first kappa shape index (κ1) is 14.2. The molecule has 0 amide bonds. The summed E-state index contributed by atoms with van der Waals surface area (Å²) in [5, 5.41) is 1.36. The Morgan fingerprint density at radius 2 is 1.83 bits per heavy atom. The third-order valence-electron chi connectivity index (χ3n) is 3.21. The first-order valence-electron chi connectivity index (χ1n) is 6.80. The maximum Gasteiger partial charge on any atom is 0.337 e. The molecule has 0 atom stereocenters. The van der Waals surface area contributed by atoms with Gasteiger partial charge in [-0.15, -0.1) is 0 Å². The predicted octanol–water partition coefficient (Wildman–Crippen LogP) is 0.298. The van der Waals surface area contributed by atoms with Crippen LogP contribution in [0.2, 0.25) is 0 Å². The second-order valence-corrected chi connectivity index (χ2v) is 10.7.